The maximum atomic E-state index is 12.7. The molecule has 2 heterocycles. The van der Waals surface area contributed by atoms with Crippen LogP contribution in [-0.2, 0) is 6.54 Å². The van der Waals surface area contributed by atoms with Crippen molar-refractivity contribution < 1.29 is 13.2 Å². The second-order valence-electron chi connectivity index (χ2n) is 5.84. The Balaban J connectivity index is 2.03. The Morgan fingerprint density at radius 1 is 1.33 bits per heavy atom. The summed E-state index contributed by atoms with van der Waals surface area (Å²) < 4.78 is 38.2. The summed E-state index contributed by atoms with van der Waals surface area (Å²) in [5, 5.41) is 3.34. The smallest absolute Gasteiger partial charge is 0.370 e. The van der Waals surface area contributed by atoms with Crippen molar-refractivity contribution in [2.75, 3.05) is 18.0 Å². The molecule has 2 rings (SSSR count). The van der Waals surface area contributed by atoms with Gasteiger partial charge in [-0.15, -0.1) is 0 Å². The number of nitrogens with one attached hydrogen (secondary N) is 1. The first-order chi connectivity index (χ1) is 9.88. The molecule has 0 radical (unpaired) electrons. The summed E-state index contributed by atoms with van der Waals surface area (Å²) in [6.45, 7) is 5.70. The van der Waals surface area contributed by atoms with Crippen LogP contribution in [0.25, 0.3) is 0 Å². The molecule has 0 unspecified atom stereocenters. The van der Waals surface area contributed by atoms with Crippen LogP contribution < -0.4 is 10.2 Å². The second-order valence-corrected chi connectivity index (χ2v) is 5.84. The van der Waals surface area contributed by atoms with Crippen molar-refractivity contribution in [1.29, 1.82) is 0 Å². The maximum absolute atomic E-state index is 12.7. The van der Waals surface area contributed by atoms with Gasteiger partial charge in [0.25, 0.3) is 0 Å². The largest absolute Gasteiger partial charge is 0.391 e. The molecule has 1 saturated heterocycles. The second kappa shape index (κ2) is 6.64. The Morgan fingerprint density at radius 3 is 2.57 bits per heavy atom. The summed E-state index contributed by atoms with van der Waals surface area (Å²) >= 11 is 0. The summed E-state index contributed by atoms with van der Waals surface area (Å²) in [5.41, 5.74) is 2.04. The van der Waals surface area contributed by atoms with Crippen LogP contribution in [0, 0.1) is 5.92 Å². The molecule has 0 atom stereocenters. The number of piperidine rings is 1. The highest BCUT2D eigenvalue weighted by molar-refractivity contribution is 5.52. The molecule has 1 aromatic rings. The number of rotatable bonds is 4. The molecule has 1 aliphatic heterocycles. The van der Waals surface area contributed by atoms with E-state index in [4.69, 9.17) is 0 Å². The molecule has 1 aromatic heterocycles. The van der Waals surface area contributed by atoms with E-state index in [1.165, 1.54) is 0 Å². The molecule has 0 aliphatic carbocycles. The standard InChI is InChI=1S/C15H22F3N3/c1-11(2)20-9-12-3-6-19-10-14(12)21-7-4-13(5-8-21)15(16,17)18/h3,6,10-11,13,20H,4-5,7-9H2,1-2H3. The molecule has 21 heavy (non-hydrogen) atoms. The monoisotopic (exact) mass is 301 g/mol. The third kappa shape index (κ3) is 4.33. The van der Waals surface area contributed by atoms with Gasteiger partial charge in [-0.3, -0.25) is 4.98 Å². The lowest BCUT2D eigenvalue weighted by Crippen LogP contribution is -2.39. The fourth-order valence-corrected chi connectivity index (χ4v) is 2.61. The third-order valence-corrected chi connectivity index (χ3v) is 3.89. The Kier molecular flexibility index (Phi) is 5.08. The Labute approximate surface area is 123 Å². The molecule has 1 fully saturated rings. The lowest BCUT2D eigenvalue weighted by atomic mass is 9.95. The number of halogens is 3. The van der Waals surface area contributed by atoms with E-state index in [0.29, 0.717) is 25.7 Å². The van der Waals surface area contributed by atoms with Gasteiger partial charge in [0, 0.05) is 31.9 Å². The third-order valence-electron chi connectivity index (χ3n) is 3.89. The summed E-state index contributed by atoms with van der Waals surface area (Å²) in [5.74, 6) is -1.16. The van der Waals surface area contributed by atoms with Crippen LogP contribution in [0.2, 0.25) is 0 Å². The average molecular weight is 301 g/mol. The van der Waals surface area contributed by atoms with E-state index < -0.39 is 12.1 Å². The highest BCUT2D eigenvalue weighted by Crippen LogP contribution is 2.35. The number of alkyl halides is 3. The number of nitrogens with zero attached hydrogens (tertiary/aromatic N) is 2. The number of hydrogen-bond acceptors (Lipinski definition) is 3. The topological polar surface area (TPSA) is 28.2 Å². The van der Waals surface area contributed by atoms with Gasteiger partial charge in [-0.1, -0.05) is 13.8 Å². The summed E-state index contributed by atoms with van der Waals surface area (Å²) in [4.78, 5) is 6.14. The van der Waals surface area contributed by atoms with Crippen LogP contribution in [0.4, 0.5) is 18.9 Å². The normalized spacial score (nSPS) is 17.5. The van der Waals surface area contributed by atoms with Gasteiger partial charge in [0.05, 0.1) is 17.8 Å². The molecular weight excluding hydrogens is 279 g/mol. The van der Waals surface area contributed by atoms with Crippen molar-refractivity contribution in [1.82, 2.24) is 10.3 Å². The Bertz CT molecular complexity index is 452. The van der Waals surface area contributed by atoms with Gasteiger partial charge in [-0.2, -0.15) is 13.2 Å². The first-order valence-electron chi connectivity index (χ1n) is 7.36. The van der Waals surface area contributed by atoms with Crippen molar-refractivity contribution >= 4 is 5.69 Å². The van der Waals surface area contributed by atoms with Crippen molar-refractivity contribution in [2.45, 2.75) is 45.5 Å². The zero-order valence-electron chi connectivity index (χ0n) is 12.5. The maximum Gasteiger partial charge on any atom is 0.391 e. The molecule has 118 valence electrons. The number of anilines is 1. The van der Waals surface area contributed by atoms with E-state index in [9.17, 15) is 13.2 Å². The minimum Gasteiger partial charge on any atom is -0.370 e. The zero-order chi connectivity index (χ0) is 15.5. The number of pyridine rings is 1. The van der Waals surface area contributed by atoms with Crippen molar-refractivity contribution in [3.63, 3.8) is 0 Å². The van der Waals surface area contributed by atoms with Gasteiger partial charge in [0.2, 0.25) is 0 Å². The molecule has 1 aliphatic rings. The van der Waals surface area contributed by atoms with E-state index >= 15 is 0 Å². The van der Waals surface area contributed by atoms with E-state index in [2.05, 4.69) is 24.1 Å². The van der Waals surface area contributed by atoms with E-state index in [1.54, 1.807) is 12.4 Å². The number of hydrogen-bond donors (Lipinski definition) is 1. The van der Waals surface area contributed by atoms with Gasteiger partial charge in [-0.05, 0) is 24.5 Å². The lowest BCUT2D eigenvalue weighted by molar-refractivity contribution is -0.179. The first-order valence-corrected chi connectivity index (χ1v) is 7.36. The molecule has 3 nitrogen and oxygen atoms in total. The Hall–Kier alpha value is -1.30. The Morgan fingerprint density at radius 2 is 2.00 bits per heavy atom. The highest BCUT2D eigenvalue weighted by Gasteiger charge is 2.41. The predicted molar refractivity (Wildman–Crippen MR) is 77.2 cm³/mol. The SMILES string of the molecule is CC(C)NCc1ccncc1N1CCC(C(F)(F)F)CC1. The van der Waals surface area contributed by atoms with Gasteiger partial charge >= 0.3 is 6.18 Å². The van der Waals surface area contributed by atoms with E-state index in [0.717, 1.165) is 11.3 Å². The highest BCUT2D eigenvalue weighted by atomic mass is 19.4. The van der Waals surface area contributed by atoms with Crippen LogP contribution in [-0.4, -0.2) is 30.3 Å². The molecule has 0 bridgehead atoms. The zero-order valence-corrected chi connectivity index (χ0v) is 12.5. The molecule has 0 saturated carbocycles. The molecule has 0 spiro atoms. The molecule has 6 heteroatoms. The first kappa shape index (κ1) is 16.1. The molecule has 0 aromatic carbocycles. The summed E-state index contributed by atoms with van der Waals surface area (Å²) in [6.07, 6.45) is -0.261. The summed E-state index contributed by atoms with van der Waals surface area (Å²) in [7, 11) is 0. The van der Waals surface area contributed by atoms with Gasteiger partial charge in [-0.25, -0.2) is 0 Å². The van der Waals surface area contributed by atoms with Gasteiger partial charge in [0.1, 0.15) is 0 Å². The van der Waals surface area contributed by atoms with E-state index in [1.807, 2.05) is 11.0 Å². The van der Waals surface area contributed by atoms with Gasteiger partial charge < -0.3 is 10.2 Å². The van der Waals surface area contributed by atoms with Crippen LogP contribution in [0.15, 0.2) is 18.5 Å². The predicted octanol–water partition coefficient (Wildman–Crippen LogP) is 3.36. The molecule has 0 amide bonds. The minimum absolute atomic E-state index is 0.162. The van der Waals surface area contributed by atoms with Crippen LogP contribution in [0.3, 0.4) is 0 Å². The average Bonchev–Trinajstić information content (AvgIpc) is 2.44. The molecular formula is C15H22F3N3. The van der Waals surface area contributed by atoms with Crippen LogP contribution in [0.5, 0.6) is 0 Å². The number of aromatic nitrogens is 1. The fraction of sp³-hybridized carbons (Fsp3) is 0.667. The van der Waals surface area contributed by atoms with Crippen molar-refractivity contribution in [2.24, 2.45) is 5.92 Å². The van der Waals surface area contributed by atoms with Crippen LogP contribution in [0.1, 0.15) is 32.3 Å². The molecule has 1 N–H and O–H groups in total. The fourth-order valence-electron chi connectivity index (χ4n) is 2.61. The van der Waals surface area contributed by atoms with Crippen molar-refractivity contribution in [3.8, 4) is 0 Å². The lowest BCUT2D eigenvalue weighted by Gasteiger charge is -2.35. The quantitative estimate of drug-likeness (QED) is 0.924. The van der Waals surface area contributed by atoms with Crippen molar-refractivity contribution in [3.05, 3.63) is 24.0 Å². The van der Waals surface area contributed by atoms with Crippen LogP contribution >= 0.6 is 0 Å². The minimum atomic E-state index is -4.07. The van der Waals surface area contributed by atoms with E-state index in [-0.39, 0.29) is 12.8 Å². The van der Waals surface area contributed by atoms with Gasteiger partial charge in [0.15, 0.2) is 0 Å². The summed E-state index contributed by atoms with van der Waals surface area (Å²) in [6, 6.07) is 2.29.